The Bertz CT molecular complexity index is 721. The lowest BCUT2D eigenvalue weighted by atomic mass is 10.0. The molecule has 0 aliphatic carbocycles. The molecule has 0 rings (SSSR count). The van der Waals surface area contributed by atoms with Crippen LogP contribution >= 0.6 is 0 Å². The van der Waals surface area contributed by atoms with Gasteiger partial charge in [-0.25, -0.2) is 0 Å². The lowest BCUT2D eigenvalue weighted by molar-refractivity contribution is -0.167. The maximum atomic E-state index is 12.6. The zero-order chi connectivity index (χ0) is 35.3. The number of carbonyl (C=O) groups excluding carboxylic acids is 3. The fourth-order valence-electron chi connectivity index (χ4n) is 6.10. The molecule has 0 saturated carbocycles. The van der Waals surface area contributed by atoms with Crippen molar-refractivity contribution in [2.75, 3.05) is 13.2 Å². The number of hydrogen-bond donors (Lipinski definition) is 0. The molecule has 0 aromatic rings. The molecule has 0 radical (unpaired) electrons. The number of carbonyl (C=O) groups is 3. The SMILES string of the molecule is CCCCCCCCCCCCCC(=O)O[C@@H](COC(=O)CCCCCCC)COC(=O)CCCCCCCCCCCCCC(C)C. The molecule has 0 saturated heterocycles. The monoisotopic (exact) mass is 681 g/mol. The molecule has 0 heterocycles. The first kappa shape index (κ1) is 46.4. The first-order valence-electron chi connectivity index (χ1n) is 20.9. The quantitative estimate of drug-likeness (QED) is 0.0369. The number of esters is 3. The molecule has 0 aliphatic rings. The van der Waals surface area contributed by atoms with Crippen molar-refractivity contribution in [2.45, 2.75) is 233 Å². The largest absolute Gasteiger partial charge is 0.462 e. The predicted molar refractivity (Wildman–Crippen MR) is 201 cm³/mol. The number of unbranched alkanes of at least 4 members (excludes halogenated alkanes) is 24. The van der Waals surface area contributed by atoms with Crippen molar-refractivity contribution >= 4 is 17.9 Å². The molecule has 284 valence electrons. The van der Waals surface area contributed by atoms with Crippen molar-refractivity contribution in [3.63, 3.8) is 0 Å². The van der Waals surface area contributed by atoms with E-state index >= 15 is 0 Å². The third kappa shape index (κ3) is 35.7. The van der Waals surface area contributed by atoms with Crippen molar-refractivity contribution in [3.05, 3.63) is 0 Å². The summed E-state index contributed by atoms with van der Waals surface area (Å²) in [6, 6.07) is 0. The van der Waals surface area contributed by atoms with E-state index in [9.17, 15) is 14.4 Å². The van der Waals surface area contributed by atoms with Crippen LogP contribution in [0.1, 0.15) is 227 Å². The van der Waals surface area contributed by atoms with Crippen LogP contribution in [-0.4, -0.2) is 37.2 Å². The predicted octanol–water partition coefficient (Wildman–Crippen LogP) is 12.8. The summed E-state index contributed by atoms with van der Waals surface area (Å²) in [5.41, 5.74) is 0. The van der Waals surface area contributed by atoms with E-state index in [1.807, 2.05) is 0 Å². The summed E-state index contributed by atoms with van der Waals surface area (Å²) >= 11 is 0. The highest BCUT2D eigenvalue weighted by atomic mass is 16.6. The van der Waals surface area contributed by atoms with Gasteiger partial charge in [-0.05, 0) is 25.2 Å². The van der Waals surface area contributed by atoms with Crippen molar-refractivity contribution in [1.29, 1.82) is 0 Å². The van der Waals surface area contributed by atoms with E-state index < -0.39 is 6.10 Å². The van der Waals surface area contributed by atoms with Crippen LogP contribution in [0.5, 0.6) is 0 Å². The van der Waals surface area contributed by atoms with Crippen molar-refractivity contribution in [3.8, 4) is 0 Å². The average molecular weight is 681 g/mol. The molecule has 0 bridgehead atoms. The second-order valence-corrected chi connectivity index (χ2v) is 14.7. The first-order chi connectivity index (χ1) is 23.4. The lowest BCUT2D eigenvalue weighted by Gasteiger charge is -2.18. The van der Waals surface area contributed by atoms with E-state index in [1.165, 1.54) is 116 Å². The zero-order valence-electron chi connectivity index (χ0n) is 32.4. The van der Waals surface area contributed by atoms with E-state index in [-0.39, 0.29) is 31.1 Å². The van der Waals surface area contributed by atoms with Crippen molar-refractivity contribution < 1.29 is 28.6 Å². The average Bonchev–Trinajstić information content (AvgIpc) is 3.06. The van der Waals surface area contributed by atoms with Crippen LogP contribution in [0.15, 0.2) is 0 Å². The number of hydrogen-bond acceptors (Lipinski definition) is 6. The summed E-state index contributed by atoms with van der Waals surface area (Å²) < 4.78 is 16.5. The van der Waals surface area contributed by atoms with E-state index in [4.69, 9.17) is 14.2 Å². The van der Waals surface area contributed by atoms with Gasteiger partial charge < -0.3 is 14.2 Å². The third-order valence-electron chi connectivity index (χ3n) is 9.29. The molecular formula is C42H80O6. The Hall–Kier alpha value is -1.59. The Morgan fingerprint density at radius 1 is 0.396 bits per heavy atom. The van der Waals surface area contributed by atoms with Gasteiger partial charge in [0, 0.05) is 19.3 Å². The Labute approximate surface area is 298 Å². The van der Waals surface area contributed by atoms with E-state index in [0.717, 1.165) is 70.1 Å². The zero-order valence-corrected chi connectivity index (χ0v) is 32.4. The Balaban J connectivity index is 4.22. The maximum absolute atomic E-state index is 12.6. The van der Waals surface area contributed by atoms with Crippen molar-refractivity contribution in [2.24, 2.45) is 5.92 Å². The Morgan fingerprint density at radius 3 is 1.02 bits per heavy atom. The van der Waals surface area contributed by atoms with Gasteiger partial charge in [0.2, 0.25) is 0 Å². The van der Waals surface area contributed by atoms with Gasteiger partial charge in [0.25, 0.3) is 0 Å². The highest BCUT2D eigenvalue weighted by Gasteiger charge is 2.19. The molecule has 6 heteroatoms. The van der Waals surface area contributed by atoms with Gasteiger partial charge in [-0.15, -0.1) is 0 Å². The number of rotatable bonds is 37. The molecule has 0 N–H and O–H groups in total. The molecule has 0 amide bonds. The van der Waals surface area contributed by atoms with E-state index in [2.05, 4.69) is 27.7 Å². The second kappa shape index (κ2) is 36.7. The van der Waals surface area contributed by atoms with Crippen LogP contribution in [0, 0.1) is 5.92 Å². The fraction of sp³-hybridized carbons (Fsp3) is 0.929. The van der Waals surface area contributed by atoms with Crippen molar-refractivity contribution in [1.82, 2.24) is 0 Å². The fourth-order valence-corrected chi connectivity index (χ4v) is 6.10. The van der Waals surface area contributed by atoms with E-state index in [0.29, 0.717) is 19.3 Å². The maximum Gasteiger partial charge on any atom is 0.306 e. The summed E-state index contributed by atoms with van der Waals surface area (Å²) in [7, 11) is 0. The lowest BCUT2D eigenvalue weighted by Crippen LogP contribution is -2.30. The van der Waals surface area contributed by atoms with Gasteiger partial charge >= 0.3 is 17.9 Å². The molecule has 0 unspecified atom stereocenters. The van der Waals surface area contributed by atoms with Gasteiger partial charge in [-0.2, -0.15) is 0 Å². The normalized spacial score (nSPS) is 11.9. The van der Waals surface area contributed by atoms with Gasteiger partial charge in [-0.1, -0.05) is 188 Å². The van der Waals surface area contributed by atoms with Crippen LogP contribution in [0.3, 0.4) is 0 Å². The van der Waals surface area contributed by atoms with Crippen LogP contribution in [-0.2, 0) is 28.6 Å². The molecule has 6 nitrogen and oxygen atoms in total. The minimum Gasteiger partial charge on any atom is -0.462 e. The highest BCUT2D eigenvalue weighted by Crippen LogP contribution is 2.15. The summed E-state index contributed by atoms with van der Waals surface area (Å²) in [6.07, 6.45) is 34.0. The molecule has 48 heavy (non-hydrogen) atoms. The van der Waals surface area contributed by atoms with Gasteiger partial charge in [0.05, 0.1) is 0 Å². The molecule has 0 spiro atoms. The van der Waals surface area contributed by atoms with Crippen LogP contribution < -0.4 is 0 Å². The molecule has 0 aromatic heterocycles. The summed E-state index contributed by atoms with van der Waals surface area (Å²) in [5.74, 6) is -0.0472. The van der Waals surface area contributed by atoms with Crippen LogP contribution in [0.2, 0.25) is 0 Å². The molecule has 0 fully saturated rings. The van der Waals surface area contributed by atoms with E-state index in [1.54, 1.807) is 0 Å². The Kier molecular flexibility index (Phi) is 35.5. The highest BCUT2D eigenvalue weighted by molar-refractivity contribution is 5.71. The number of ether oxygens (including phenoxy) is 3. The molecule has 0 aromatic carbocycles. The Morgan fingerprint density at radius 2 is 0.688 bits per heavy atom. The standard InChI is InChI=1S/C42H80O6/c1-5-7-9-11-12-13-15-20-23-27-31-35-42(45)48-39(36-46-40(43)33-29-24-10-8-6-2)37-47-41(44)34-30-26-22-19-17-14-16-18-21-25-28-32-38(3)4/h38-39H,5-37H2,1-4H3/t39-/m0/s1. The molecule has 0 aliphatic heterocycles. The van der Waals surface area contributed by atoms with Crippen LogP contribution in [0.25, 0.3) is 0 Å². The van der Waals surface area contributed by atoms with Gasteiger partial charge in [0.1, 0.15) is 13.2 Å². The third-order valence-corrected chi connectivity index (χ3v) is 9.29. The summed E-state index contributed by atoms with van der Waals surface area (Å²) in [4.78, 5) is 37.3. The minimum atomic E-state index is -0.756. The minimum absolute atomic E-state index is 0.0654. The molecular weight excluding hydrogens is 600 g/mol. The van der Waals surface area contributed by atoms with Gasteiger partial charge in [0.15, 0.2) is 6.10 Å². The van der Waals surface area contributed by atoms with Crippen LogP contribution in [0.4, 0.5) is 0 Å². The summed E-state index contributed by atoms with van der Waals surface area (Å²) in [5, 5.41) is 0. The second-order valence-electron chi connectivity index (χ2n) is 14.7. The molecule has 1 atom stereocenters. The topological polar surface area (TPSA) is 78.9 Å². The smallest absolute Gasteiger partial charge is 0.306 e. The summed E-state index contributed by atoms with van der Waals surface area (Å²) in [6.45, 7) is 8.89. The van der Waals surface area contributed by atoms with Gasteiger partial charge in [-0.3, -0.25) is 14.4 Å². The first-order valence-corrected chi connectivity index (χ1v) is 20.9.